The molecule has 0 fully saturated rings. The van der Waals surface area contributed by atoms with Crippen LogP contribution in [0.15, 0.2) is 60.7 Å². The van der Waals surface area contributed by atoms with Gasteiger partial charge in [-0.2, -0.15) is 0 Å². The van der Waals surface area contributed by atoms with Gasteiger partial charge in [-0.25, -0.2) is 0 Å². The van der Waals surface area contributed by atoms with Gasteiger partial charge in [0.1, 0.15) is 0 Å². The number of para-hydroxylation sites is 1. The van der Waals surface area contributed by atoms with Crippen molar-refractivity contribution in [2.45, 2.75) is 45.6 Å². The Morgan fingerprint density at radius 2 is 1.64 bits per heavy atom. The van der Waals surface area contributed by atoms with Crippen molar-refractivity contribution in [3.8, 4) is 11.5 Å². The maximum atomic E-state index is 14.0. The minimum Gasteiger partial charge on any atom is -0.490 e. The smallest absolute Gasteiger partial charge is 0.254 e. The van der Waals surface area contributed by atoms with E-state index in [1.54, 1.807) is 0 Å². The molecule has 3 aromatic carbocycles. The average molecular weight is 485 g/mol. The highest BCUT2D eigenvalue weighted by atomic mass is 16.5. The van der Waals surface area contributed by atoms with Crippen LogP contribution in [0.25, 0.3) is 0 Å². The number of hydrogen-bond acceptors (Lipinski definition) is 4. The van der Waals surface area contributed by atoms with Crippen molar-refractivity contribution >= 4 is 17.5 Å². The standard InChI is InChI=1S/C30H32N2O4/c1-4-19-11-7-10-14-24(19)31-29(33)27-21-12-8-9-13-22(21)30(34)32-16-15-20-17-25(35-5-2)26(36-6-3)18-23(20)28(27)32/h7-14,17-18,27-28H,4-6,15-16H2,1-3H3,(H,31,33). The predicted octanol–water partition coefficient (Wildman–Crippen LogP) is 5.52. The molecular formula is C30H32N2O4. The number of nitrogens with one attached hydrogen (secondary N) is 1. The molecule has 2 aliphatic rings. The summed E-state index contributed by atoms with van der Waals surface area (Å²) in [7, 11) is 0. The first-order chi connectivity index (χ1) is 17.6. The van der Waals surface area contributed by atoms with Gasteiger partial charge in [0.2, 0.25) is 5.91 Å². The fourth-order valence-electron chi connectivity index (χ4n) is 5.51. The van der Waals surface area contributed by atoms with Crippen molar-refractivity contribution in [3.05, 3.63) is 88.5 Å². The third-order valence-corrected chi connectivity index (χ3v) is 7.12. The maximum Gasteiger partial charge on any atom is 0.254 e. The zero-order chi connectivity index (χ0) is 25.2. The van der Waals surface area contributed by atoms with Crippen LogP contribution in [-0.4, -0.2) is 36.5 Å². The summed E-state index contributed by atoms with van der Waals surface area (Å²) in [5, 5.41) is 3.19. The van der Waals surface area contributed by atoms with Crippen LogP contribution < -0.4 is 14.8 Å². The molecule has 6 heteroatoms. The van der Waals surface area contributed by atoms with Crippen LogP contribution in [0.1, 0.15) is 65.3 Å². The molecule has 0 saturated carbocycles. The van der Waals surface area contributed by atoms with Crippen molar-refractivity contribution in [1.82, 2.24) is 4.90 Å². The molecule has 3 aromatic rings. The maximum absolute atomic E-state index is 14.0. The number of carbonyl (C=O) groups excluding carboxylic acids is 2. The number of rotatable bonds is 7. The van der Waals surface area contributed by atoms with Gasteiger partial charge in [-0.15, -0.1) is 0 Å². The molecule has 186 valence electrons. The fraction of sp³-hybridized carbons (Fsp3) is 0.333. The summed E-state index contributed by atoms with van der Waals surface area (Å²) in [4.78, 5) is 29.5. The van der Waals surface area contributed by atoms with Gasteiger partial charge in [-0.05, 0) is 73.2 Å². The molecule has 2 atom stereocenters. The molecule has 0 saturated heterocycles. The van der Waals surface area contributed by atoms with E-state index < -0.39 is 12.0 Å². The Morgan fingerprint density at radius 3 is 2.39 bits per heavy atom. The lowest BCUT2D eigenvalue weighted by molar-refractivity contribution is -0.119. The van der Waals surface area contributed by atoms with Crippen molar-refractivity contribution in [3.63, 3.8) is 0 Å². The summed E-state index contributed by atoms with van der Waals surface area (Å²) in [6.45, 7) is 7.52. The quantitative estimate of drug-likeness (QED) is 0.479. The van der Waals surface area contributed by atoms with Gasteiger partial charge in [-0.3, -0.25) is 9.59 Å². The molecule has 1 N–H and O–H groups in total. The number of amides is 2. The molecule has 0 bridgehead atoms. The summed E-state index contributed by atoms with van der Waals surface area (Å²) in [5.41, 5.74) is 5.27. The van der Waals surface area contributed by atoms with Gasteiger partial charge in [0, 0.05) is 17.8 Å². The number of benzene rings is 3. The van der Waals surface area contributed by atoms with E-state index in [4.69, 9.17) is 9.47 Å². The predicted molar refractivity (Wildman–Crippen MR) is 140 cm³/mol. The Labute approximate surface area is 212 Å². The molecule has 0 aromatic heterocycles. The third kappa shape index (κ3) is 4.11. The van der Waals surface area contributed by atoms with E-state index in [-0.39, 0.29) is 11.8 Å². The SMILES string of the molecule is CCOc1cc2c(cc1OCC)C1C(C(=O)Nc3ccccc3CC)c3ccccc3C(=O)N1CC2. The second-order valence-electron chi connectivity index (χ2n) is 9.12. The summed E-state index contributed by atoms with van der Waals surface area (Å²) < 4.78 is 11.8. The highest BCUT2D eigenvalue weighted by Gasteiger charge is 2.46. The number of hydrogen-bond donors (Lipinski definition) is 1. The Balaban J connectivity index is 1.64. The summed E-state index contributed by atoms with van der Waals surface area (Å²) in [6.07, 6.45) is 1.51. The van der Waals surface area contributed by atoms with Gasteiger partial charge in [0.25, 0.3) is 5.91 Å². The number of aryl methyl sites for hydroxylation is 1. The van der Waals surface area contributed by atoms with Crippen molar-refractivity contribution in [2.75, 3.05) is 25.1 Å². The van der Waals surface area contributed by atoms with E-state index in [0.717, 1.165) is 34.4 Å². The van der Waals surface area contributed by atoms with Gasteiger partial charge in [0.15, 0.2) is 11.5 Å². The summed E-state index contributed by atoms with van der Waals surface area (Å²) >= 11 is 0. The summed E-state index contributed by atoms with van der Waals surface area (Å²) in [6, 6.07) is 18.9. The molecule has 36 heavy (non-hydrogen) atoms. The van der Waals surface area contributed by atoms with Crippen LogP contribution in [0.5, 0.6) is 11.5 Å². The number of ether oxygens (including phenoxy) is 2. The van der Waals surface area contributed by atoms with Gasteiger partial charge >= 0.3 is 0 Å². The van der Waals surface area contributed by atoms with Crippen LogP contribution in [0.2, 0.25) is 0 Å². The number of anilines is 1. The van der Waals surface area contributed by atoms with Crippen molar-refractivity contribution in [2.24, 2.45) is 0 Å². The highest BCUT2D eigenvalue weighted by Crippen LogP contribution is 2.48. The monoisotopic (exact) mass is 484 g/mol. The highest BCUT2D eigenvalue weighted by molar-refractivity contribution is 6.04. The number of nitrogens with zero attached hydrogens (tertiary/aromatic N) is 1. The fourth-order valence-corrected chi connectivity index (χ4v) is 5.51. The lowest BCUT2D eigenvalue weighted by atomic mass is 9.75. The Bertz CT molecular complexity index is 1300. The minimum atomic E-state index is -0.560. The molecule has 2 heterocycles. The van der Waals surface area contributed by atoms with Gasteiger partial charge in [-0.1, -0.05) is 43.3 Å². The van der Waals surface area contributed by atoms with Gasteiger partial charge in [0.05, 0.1) is 25.2 Å². The van der Waals surface area contributed by atoms with E-state index in [1.807, 2.05) is 79.4 Å². The average Bonchev–Trinajstić information content (AvgIpc) is 2.90. The second kappa shape index (κ2) is 10.1. The lowest BCUT2D eigenvalue weighted by Crippen LogP contribution is -2.49. The minimum absolute atomic E-state index is 0.0360. The molecule has 2 unspecified atom stereocenters. The van der Waals surface area contributed by atoms with Crippen LogP contribution in [0, 0.1) is 0 Å². The zero-order valence-electron chi connectivity index (χ0n) is 21.0. The second-order valence-corrected chi connectivity index (χ2v) is 9.12. The molecule has 0 radical (unpaired) electrons. The first kappa shape index (κ1) is 23.9. The first-order valence-corrected chi connectivity index (χ1v) is 12.8. The first-order valence-electron chi connectivity index (χ1n) is 12.8. The summed E-state index contributed by atoms with van der Waals surface area (Å²) in [5.74, 6) is 0.626. The van der Waals surface area contributed by atoms with Crippen molar-refractivity contribution < 1.29 is 19.1 Å². The van der Waals surface area contributed by atoms with Crippen LogP contribution >= 0.6 is 0 Å². The van der Waals surface area contributed by atoms with Crippen LogP contribution in [-0.2, 0) is 17.6 Å². The molecule has 2 aliphatic heterocycles. The molecule has 2 amide bonds. The Hall–Kier alpha value is -3.80. The topological polar surface area (TPSA) is 67.9 Å². The van der Waals surface area contributed by atoms with Gasteiger partial charge < -0.3 is 19.7 Å². The lowest BCUT2D eigenvalue weighted by Gasteiger charge is -2.45. The van der Waals surface area contributed by atoms with E-state index in [1.165, 1.54) is 0 Å². The largest absolute Gasteiger partial charge is 0.490 e. The third-order valence-electron chi connectivity index (χ3n) is 7.12. The number of carbonyl (C=O) groups is 2. The molecule has 6 nitrogen and oxygen atoms in total. The van der Waals surface area contributed by atoms with E-state index >= 15 is 0 Å². The molecule has 0 spiro atoms. The zero-order valence-corrected chi connectivity index (χ0v) is 21.0. The van der Waals surface area contributed by atoms with E-state index in [9.17, 15) is 9.59 Å². The van der Waals surface area contributed by atoms with Crippen LogP contribution in [0.3, 0.4) is 0 Å². The van der Waals surface area contributed by atoms with Crippen LogP contribution in [0.4, 0.5) is 5.69 Å². The van der Waals surface area contributed by atoms with E-state index in [0.29, 0.717) is 43.2 Å². The Morgan fingerprint density at radius 1 is 0.944 bits per heavy atom. The Kier molecular flexibility index (Phi) is 6.68. The number of fused-ring (bicyclic) bond motifs is 4. The normalized spacial score (nSPS) is 18.1. The molecule has 0 aliphatic carbocycles. The van der Waals surface area contributed by atoms with E-state index in [2.05, 4.69) is 12.2 Å². The van der Waals surface area contributed by atoms with Crippen molar-refractivity contribution in [1.29, 1.82) is 0 Å². The molecular weight excluding hydrogens is 452 g/mol. The molecule has 5 rings (SSSR count).